The number of sulfone groups is 1. The maximum Gasteiger partial charge on any atom is 0.416 e. The number of halogens is 3. The van der Waals surface area contributed by atoms with E-state index in [1.54, 1.807) is 0 Å². The minimum atomic E-state index is -4.56. The van der Waals surface area contributed by atoms with Crippen molar-refractivity contribution in [3.05, 3.63) is 29.8 Å². The third kappa shape index (κ3) is 6.03. The molecule has 0 spiro atoms. The highest BCUT2D eigenvalue weighted by Gasteiger charge is 2.64. The zero-order valence-electron chi connectivity index (χ0n) is 26.7. The van der Waals surface area contributed by atoms with E-state index in [0.29, 0.717) is 36.0 Å². The lowest BCUT2D eigenvalue weighted by Gasteiger charge is -2.64. The van der Waals surface area contributed by atoms with E-state index in [0.717, 1.165) is 82.1 Å². The molecule has 1 aromatic rings. The van der Waals surface area contributed by atoms with Crippen LogP contribution < -0.4 is 0 Å². The quantitative estimate of drug-likeness (QED) is 0.292. The minimum absolute atomic E-state index is 0.118. The summed E-state index contributed by atoms with van der Waals surface area (Å²) in [6.07, 6.45) is 4.45. The maximum absolute atomic E-state index is 12.8. The largest absolute Gasteiger partial charge is 0.416 e. The van der Waals surface area contributed by atoms with Crippen molar-refractivity contribution in [2.45, 2.75) is 122 Å². The van der Waals surface area contributed by atoms with Crippen LogP contribution in [0.3, 0.4) is 0 Å². The molecule has 0 aliphatic heterocycles. The Morgan fingerprint density at radius 2 is 1.61 bits per heavy atom. The Bertz CT molecular complexity index is 1300. The molecule has 9 heteroatoms. The zero-order valence-corrected chi connectivity index (χ0v) is 27.5. The first-order chi connectivity index (χ1) is 20.5. The summed E-state index contributed by atoms with van der Waals surface area (Å²) in [5.41, 5.74) is -0.647. The Morgan fingerprint density at radius 1 is 0.977 bits per heavy atom. The van der Waals surface area contributed by atoms with Crippen LogP contribution in [0, 0.1) is 52.3 Å². The molecule has 4 aliphatic rings. The first-order valence-corrected chi connectivity index (χ1v) is 18.5. The molecule has 0 aromatic heterocycles. The molecule has 4 fully saturated rings. The van der Waals surface area contributed by atoms with Crippen molar-refractivity contribution < 1.29 is 36.6 Å². The molecule has 0 saturated heterocycles. The van der Waals surface area contributed by atoms with Crippen LogP contribution in [0.2, 0.25) is 0 Å². The molecule has 248 valence electrons. The number of hydrogen-bond donors (Lipinski definition) is 2. The van der Waals surface area contributed by atoms with Crippen LogP contribution in [0.5, 0.6) is 0 Å². The van der Waals surface area contributed by atoms with Crippen LogP contribution in [-0.2, 0) is 20.8 Å². The molecule has 0 heterocycles. The summed E-state index contributed by atoms with van der Waals surface area (Å²) in [4.78, 5) is 12.4. The number of carbonyl (C=O) groups excluding carboxylic acids is 1. The summed E-state index contributed by atoms with van der Waals surface area (Å²) in [7, 11) is -4.01. The molecule has 2 N–H and O–H groups in total. The normalized spacial score (nSPS) is 39.7. The molecular formula is C35H51F3O5S. The Balaban J connectivity index is 1.19. The summed E-state index contributed by atoms with van der Waals surface area (Å²) >= 11 is 0. The Kier molecular flexibility index (Phi) is 9.47. The van der Waals surface area contributed by atoms with Crippen LogP contribution >= 0.6 is 0 Å². The number of ketones is 1. The predicted molar refractivity (Wildman–Crippen MR) is 163 cm³/mol. The number of aliphatic hydroxyl groups is 2. The van der Waals surface area contributed by atoms with Gasteiger partial charge in [-0.3, -0.25) is 4.79 Å². The fraction of sp³-hybridized carbons (Fsp3) is 0.800. The number of hydrogen-bond acceptors (Lipinski definition) is 5. The van der Waals surface area contributed by atoms with Gasteiger partial charge in [-0.1, -0.05) is 40.5 Å². The van der Waals surface area contributed by atoms with Crippen LogP contribution in [0.25, 0.3) is 0 Å². The SMILES string of the molecule is CC[C@H]1[C@@H](O)[C@@H]2[C@H](CC[C@]3(C)[C@@H]([C@H](C)CCCC(=O)CS(=O)(=O)c4ccc(C(F)(F)F)cc4)CC[C@@H]23)[C@@]2(C)CC[C@@H](O)C[C@@H]12. The molecular weight excluding hydrogens is 589 g/mol. The molecule has 0 amide bonds. The molecule has 4 saturated carbocycles. The minimum Gasteiger partial charge on any atom is -0.393 e. The second-order valence-corrected chi connectivity index (χ2v) is 17.3. The Hall–Kier alpha value is -1.45. The average Bonchev–Trinajstić information content (AvgIpc) is 3.30. The summed E-state index contributed by atoms with van der Waals surface area (Å²) in [5, 5.41) is 22.4. The third-order valence-corrected chi connectivity index (χ3v) is 14.8. The number of alkyl halides is 3. The van der Waals surface area contributed by atoms with Gasteiger partial charge in [0.2, 0.25) is 0 Å². The lowest BCUT2D eigenvalue weighted by molar-refractivity contribution is -0.203. The van der Waals surface area contributed by atoms with Gasteiger partial charge < -0.3 is 10.2 Å². The van der Waals surface area contributed by atoms with Gasteiger partial charge in [-0.2, -0.15) is 13.2 Å². The van der Waals surface area contributed by atoms with E-state index in [-0.39, 0.29) is 46.2 Å². The Morgan fingerprint density at radius 3 is 2.25 bits per heavy atom. The number of fused-ring (bicyclic) bond motifs is 5. The third-order valence-electron chi connectivity index (χ3n) is 13.2. The molecule has 11 atom stereocenters. The second-order valence-electron chi connectivity index (χ2n) is 15.3. The van der Waals surface area contributed by atoms with Gasteiger partial charge >= 0.3 is 6.18 Å². The maximum atomic E-state index is 12.8. The second kappa shape index (κ2) is 12.3. The van der Waals surface area contributed by atoms with E-state index >= 15 is 0 Å². The molecule has 0 unspecified atom stereocenters. The summed E-state index contributed by atoms with van der Waals surface area (Å²) in [6, 6.07) is 3.30. The first kappa shape index (κ1) is 33.9. The number of aliphatic hydroxyl groups excluding tert-OH is 2. The Labute approximate surface area is 261 Å². The smallest absolute Gasteiger partial charge is 0.393 e. The van der Waals surface area contributed by atoms with Crippen molar-refractivity contribution in [2.75, 3.05) is 5.75 Å². The standard InChI is InChI=1S/C35H51F3O5S/c1-5-26-30-19-23(39)15-17-34(30,4)29-16-18-33(3)27(13-14-28(33)31(29)32(26)41)21(2)7-6-8-24(40)20-44(42,43)25-11-9-22(10-12-25)35(36,37)38/h9-12,21,23,26-32,39,41H,5-8,13-20H2,1-4H3/t21-,23-,26-,27-,28+,29+,30+,31+,32-,33-,34-/m1/s1. The number of Topliss-reactive ketones (excluding diaryl/α,β-unsaturated/α-hetero) is 1. The summed E-state index contributed by atoms with van der Waals surface area (Å²) < 4.78 is 63.9. The van der Waals surface area contributed by atoms with Gasteiger partial charge in [0, 0.05) is 6.42 Å². The molecule has 0 radical (unpaired) electrons. The monoisotopic (exact) mass is 640 g/mol. The van der Waals surface area contributed by atoms with E-state index in [4.69, 9.17) is 0 Å². The van der Waals surface area contributed by atoms with E-state index < -0.39 is 33.1 Å². The first-order valence-electron chi connectivity index (χ1n) is 16.8. The summed E-state index contributed by atoms with van der Waals surface area (Å²) in [5.74, 6) is 1.53. The molecule has 5 nitrogen and oxygen atoms in total. The van der Waals surface area contributed by atoms with E-state index in [1.807, 2.05) is 0 Å². The van der Waals surface area contributed by atoms with Gasteiger partial charge in [-0.25, -0.2) is 8.42 Å². The topological polar surface area (TPSA) is 91.7 Å². The van der Waals surface area contributed by atoms with Crippen LogP contribution in [0.4, 0.5) is 13.2 Å². The highest BCUT2D eigenvalue weighted by atomic mass is 32.2. The van der Waals surface area contributed by atoms with Crippen molar-refractivity contribution in [1.29, 1.82) is 0 Å². The highest BCUT2D eigenvalue weighted by molar-refractivity contribution is 7.92. The highest BCUT2D eigenvalue weighted by Crippen LogP contribution is 2.69. The van der Waals surface area contributed by atoms with Crippen molar-refractivity contribution in [3.63, 3.8) is 0 Å². The number of benzene rings is 1. The van der Waals surface area contributed by atoms with Crippen molar-refractivity contribution in [3.8, 4) is 0 Å². The van der Waals surface area contributed by atoms with Gasteiger partial charge in [0.15, 0.2) is 9.84 Å². The van der Waals surface area contributed by atoms with Crippen LogP contribution in [0.15, 0.2) is 29.2 Å². The average molecular weight is 641 g/mol. The zero-order chi connectivity index (χ0) is 32.2. The van der Waals surface area contributed by atoms with E-state index in [9.17, 15) is 36.6 Å². The fourth-order valence-electron chi connectivity index (χ4n) is 11.0. The number of carbonyl (C=O) groups is 1. The van der Waals surface area contributed by atoms with Gasteiger partial charge in [0.05, 0.1) is 22.7 Å². The molecule has 5 rings (SSSR count). The molecule has 0 bridgehead atoms. The van der Waals surface area contributed by atoms with Gasteiger partial charge in [0.1, 0.15) is 11.5 Å². The lowest BCUT2D eigenvalue weighted by Crippen LogP contribution is -2.62. The molecule has 44 heavy (non-hydrogen) atoms. The van der Waals surface area contributed by atoms with Crippen LogP contribution in [0.1, 0.15) is 104 Å². The molecule has 1 aromatic carbocycles. The lowest BCUT2D eigenvalue weighted by atomic mass is 9.41. The van der Waals surface area contributed by atoms with Gasteiger partial charge in [-0.05, 0) is 128 Å². The van der Waals surface area contributed by atoms with Gasteiger partial charge in [-0.15, -0.1) is 0 Å². The van der Waals surface area contributed by atoms with Crippen molar-refractivity contribution in [2.24, 2.45) is 52.3 Å². The van der Waals surface area contributed by atoms with E-state index in [1.165, 1.54) is 0 Å². The van der Waals surface area contributed by atoms with Crippen molar-refractivity contribution >= 4 is 15.6 Å². The predicted octanol–water partition coefficient (Wildman–Crippen LogP) is 7.48. The fourth-order valence-corrected chi connectivity index (χ4v) is 12.3. The van der Waals surface area contributed by atoms with Crippen LogP contribution in [-0.4, -0.2) is 42.4 Å². The molecule has 4 aliphatic carbocycles. The van der Waals surface area contributed by atoms with E-state index in [2.05, 4.69) is 27.7 Å². The van der Waals surface area contributed by atoms with Crippen molar-refractivity contribution in [1.82, 2.24) is 0 Å². The van der Waals surface area contributed by atoms with Gasteiger partial charge in [0.25, 0.3) is 0 Å². The number of rotatable bonds is 9. The summed E-state index contributed by atoms with van der Waals surface area (Å²) in [6.45, 7) is 9.31.